The van der Waals surface area contributed by atoms with Crippen LogP contribution in [0.3, 0.4) is 0 Å². The minimum absolute atomic E-state index is 0.282. The zero-order valence-electron chi connectivity index (χ0n) is 17.6. The maximum atomic E-state index is 9.34. The van der Waals surface area contributed by atoms with E-state index in [2.05, 4.69) is 20.6 Å². The number of nitrogens with zero attached hydrogens (tertiary/aromatic N) is 2. The molecular weight excluding hydrogens is 435 g/mol. The Bertz CT molecular complexity index is 869. The van der Waals surface area contributed by atoms with Crippen molar-refractivity contribution in [1.29, 1.82) is 0 Å². The van der Waals surface area contributed by atoms with E-state index < -0.39 is 0 Å². The van der Waals surface area contributed by atoms with Crippen molar-refractivity contribution < 1.29 is 9.84 Å². The molecule has 1 aliphatic heterocycles. The van der Waals surface area contributed by atoms with Crippen LogP contribution in [0.1, 0.15) is 38.5 Å². The number of aromatic nitrogens is 2. The number of ether oxygens (including phenoxy) is 1. The number of aliphatic hydroxyl groups is 1. The summed E-state index contributed by atoms with van der Waals surface area (Å²) in [5.41, 5.74) is 2.59. The molecule has 0 radical (unpaired) electrons. The van der Waals surface area contributed by atoms with Gasteiger partial charge < -0.3 is 20.5 Å². The zero-order valence-corrected chi connectivity index (χ0v) is 19.1. The van der Waals surface area contributed by atoms with E-state index in [0.29, 0.717) is 28.1 Å². The molecular formula is C23H30Cl2N4O2. The molecule has 3 heterocycles. The number of aliphatic hydroxyl groups excluding tert-OH is 1. The summed E-state index contributed by atoms with van der Waals surface area (Å²) in [7, 11) is 0. The normalized spacial score (nSPS) is 22.3. The number of pyridine rings is 2. The third kappa shape index (κ3) is 6.01. The zero-order chi connectivity index (χ0) is 21.6. The molecule has 4 rings (SSSR count). The summed E-state index contributed by atoms with van der Waals surface area (Å²) in [5.74, 6) is 1.81. The van der Waals surface area contributed by atoms with Crippen molar-refractivity contribution in [2.24, 2.45) is 11.8 Å². The summed E-state index contributed by atoms with van der Waals surface area (Å²) < 4.78 is 5.44. The third-order valence-corrected chi connectivity index (χ3v) is 6.99. The minimum atomic E-state index is 0.282. The molecule has 0 spiro atoms. The highest BCUT2D eigenvalue weighted by Gasteiger charge is 2.21. The van der Waals surface area contributed by atoms with Crippen molar-refractivity contribution in [3.05, 3.63) is 34.7 Å². The first kappa shape index (κ1) is 22.6. The van der Waals surface area contributed by atoms with Crippen molar-refractivity contribution in [2.45, 2.75) is 44.6 Å². The lowest BCUT2D eigenvalue weighted by Crippen LogP contribution is -2.27. The standard InChI is InChI=1S/C23H30Cl2N4O2/c24-20-13-27-22(29-18-3-1-16(14-30)2-4-18)10-19(20)17-9-21(23(25)28-12-17)26-11-15-5-7-31-8-6-15/h9-10,12-13,15-16,18,26,30H,1-8,11,14H2,(H,27,29). The van der Waals surface area contributed by atoms with Crippen molar-refractivity contribution >= 4 is 34.7 Å². The first-order valence-corrected chi connectivity index (χ1v) is 11.9. The summed E-state index contributed by atoms with van der Waals surface area (Å²) in [5, 5.41) is 17.4. The van der Waals surface area contributed by atoms with Gasteiger partial charge in [0.1, 0.15) is 5.82 Å². The Morgan fingerprint density at radius 2 is 1.74 bits per heavy atom. The lowest BCUT2D eigenvalue weighted by atomic mass is 9.86. The number of nitrogens with one attached hydrogen (secondary N) is 2. The van der Waals surface area contributed by atoms with Gasteiger partial charge in [-0.05, 0) is 62.5 Å². The molecule has 0 bridgehead atoms. The van der Waals surface area contributed by atoms with Crippen LogP contribution in [0.4, 0.5) is 11.5 Å². The van der Waals surface area contributed by atoms with Gasteiger partial charge in [0.25, 0.3) is 0 Å². The van der Waals surface area contributed by atoms with Gasteiger partial charge in [-0.25, -0.2) is 9.97 Å². The number of anilines is 2. The van der Waals surface area contributed by atoms with E-state index in [1.807, 2.05) is 12.1 Å². The van der Waals surface area contributed by atoms with Gasteiger partial charge in [0.05, 0.1) is 10.7 Å². The van der Waals surface area contributed by atoms with E-state index in [0.717, 1.165) is 80.9 Å². The van der Waals surface area contributed by atoms with Crippen LogP contribution in [0.25, 0.3) is 11.1 Å². The molecule has 1 aliphatic carbocycles. The van der Waals surface area contributed by atoms with Crippen LogP contribution in [0.15, 0.2) is 24.5 Å². The average molecular weight is 465 g/mol. The quantitative estimate of drug-likeness (QED) is 0.485. The summed E-state index contributed by atoms with van der Waals surface area (Å²) >= 11 is 12.8. The van der Waals surface area contributed by atoms with Crippen LogP contribution in [0.5, 0.6) is 0 Å². The van der Waals surface area contributed by atoms with Crippen molar-refractivity contribution in [1.82, 2.24) is 9.97 Å². The number of rotatable bonds is 7. The summed E-state index contributed by atoms with van der Waals surface area (Å²) in [6, 6.07) is 4.35. The van der Waals surface area contributed by atoms with Gasteiger partial charge in [-0.1, -0.05) is 23.2 Å². The summed E-state index contributed by atoms with van der Waals surface area (Å²) in [6.07, 6.45) is 9.70. The lowest BCUT2D eigenvalue weighted by molar-refractivity contribution is 0.0699. The Morgan fingerprint density at radius 3 is 2.48 bits per heavy atom. The van der Waals surface area contributed by atoms with E-state index in [1.165, 1.54) is 0 Å². The van der Waals surface area contributed by atoms with Gasteiger partial charge in [0.15, 0.2) is 5.15 Å². The van der Waals surface area contributed by atoms with Gasteiger partial charge in [0, 0.05) is 55.9 Å². The molecule has 0 atom stereocenters. The maximum absolute atomic E-state index is 9.34. The second-order valence-corrected chi connectivity index (χ2v) is 9.36. The van der Waals surface area contributed by atoms with Gasteiger partial charge in [-0.2, -0.15) is 0 Å². The Balaban J connectivity index is 1.46. The molecule has 1 saturated heterocycles. The molecule has 0 unspecified atom stereocenters. The van der Waals surface area contributed by atoms with Crippen LogP contribution in [0, 0.1) is 11.8 Å². The fourth-order valence-electron chi connectivity index (χ4n) is 4.36. The van der Waals surface area contributed by atoms with Crippen molar-refractivity contribution in [3.8, 4) is 11.1 Å². The molecule has 31 heavy (non-hydrogen) atoms. The second kappa shape index (κ2) is 10.8. The number of hydrogen-bond acceptors (Lipinski definition) is 6. The first-order valence-electron chi connectivity index (χ1n) is 11.1. The van der Waals surface area contributed by atoms with Gasteiger partial charge >= 0.3 is 0 Å². The van der Waals surface area contributed by atoms with E-state index >= 15 is 0 Å². The van der Waals surface area contributed by atoms with E-state index in [4.69, 9.17) is 27.9 Å². The molecule has 2 aromatic heterocycles. The minimum Gasteiger partial charge on any atom is -0.396 e. The van der Waals surface area contributed by atoms with Crippen LogP contribution in [-0.2, 0) is 4.74 Å². The molecule has 6 nitrogen and oxygen atoms in total. The van der Waals surface area contributed by atoms with Crippen molar-refractivity contribution in [2.75, 3.05) is 37.0 Å². The Labute approximate surface area is 193 Å². The monoisotopic (exact) mass is 464 g/mol. The van der Waals surface area contributed by atoms with Gasteiger partial charge in [0.2, 0.25) is 0 Å². The molecule has 0 aromatic carbocycles. The van der Waals surface area contributed by atoms with Gasteiger partial charge in [-0.3, -0.25) is 0 Å². The van der Waals surface area contributed by atoms with Crippen LogP contribution >= 0.6 is 23.2 Å². The van der Waals surface area contributed by atoms with E-state index in [1.54, 1.807) is 12.4 Å². The van der Waals surface area contributed by atoms with Crippen LogP contribution in [0.2, 0.25) is 10.2 Å². The number of hydrogen-bond donors (Lipinski definition) is 3. The van der Waals surface area contributed by atoms with Crippen LogP contribution < -0.4 is 10.6 Å². The highest BCUT2D eigenvalue weighted by Crippen LogP contribution is 2.34. The smallest absolute Gasteiger partial charge is 0.152 e. The molecule has 1 saturated carbocycles. The summed E-state index contributed by atoms with van der Waals surface area (Å²) in [6.45, 7) is 2.77. The Kier molecular flexibility index (Phi) is 7.88. The molecule has 2 aromatic rings. The third-order valence-electron chi connectivity index (χ3n) is 6.38. The molecule has 2 aliphatic rings. The van der Waals surface area contributed by atoms with Gasteiger partial charge in [-0.15, -0.1) is 0 Å². The molecule has 8 heteroatoms. The fraction of sp³-hybridized carbons (Fsp3) is 0.565. The molecule has 3 N–H and O–H groups in total. The molecule has 2 fully saturated rings. The highest BCUT2D eigenvalue weighted by atomic mass is 35.5. The maximum Gasteiger partial charge on any atom is 0.152 e. The Morgan fingerprint density at radius 1 is 0.968 bits per heavy atom. The average Bonchev–Trinajstić information content (AvgIpc) is 2.81. The van der Waals surface area contributed by atoms with E-state index in [-0.39, 0.29) is 6.61 Å². The molecule has 168 valence electrons. The Hall–Kier alpha value is -1.60. The highest BCUT2D eigenvalue weighted by molar-refractivity contribution is 6.33. The predicted octanol–water partition coefficient (Wildman–Crippen LogP) is 5.25. The first-order chi connectivity index (χ1) is 15.1. The second-order valence-electron chi connectivity index (χ2n) is 8.59. The fourth-order valence-corrected chi connectivity index (χ4v) is 4.74. The van der Waals surface area contributed by atoms with Crippen molar-refractivity contribution in [3.63, 3.8) is 0 Å². The van der Waals surface area contributed by atoms with Crippen LogP contribution in [-0.4, -0.2) is 47.5 Å². The SMILES string of the molecule is OCC1CCC(Nc2cc(-c3cnc(Cl)c(NCC4CCOCC4)c3)c(Cl)cn2)CC1. The predicted molar refractivity (Wildman–Crippen MR) is 126 cm³/mol. The molecule has 0 amide bonds. The largest absolute Gasteiger partial charge is 0.396 e. The van der Waals surface area contributed by atoms with E-state index in [9.17, 15) is 5.11 Å². The summed E-state index contributed by atoms with van der Waals surface area (Å²) in [4.78, 5) is 8.85. The topological polar surface area (TPSA) is 79.3 Å². The number of halogens is 2. The lowest BCUT2D eigenvalue weighted by Gasteiger charge is -2.28.